The van der Waals surface area contributed by atoms with Gasteiger partial charge in [-0.1, -0.05) is 0 Å². The van der Waals surface area contributed by atoms with Crippen LogP contribution in [0, 0.1) is 5.92 Å². The molecule has 1 N–H and O–H groups in total. The van der Waals surface area contributed by atoms with E-state index in [1.807, 2.05) is 0 Å². The number of piperidine rings is 1. The van der Waals surface area contributed by atoms with Gasteiger partial charge in [0, 0.05) is 0 Å². The van der Waals surface area contributed by atoms with Crippen LogP contribution in [-0.2, 0) is 9.53 Å². The van der Waals surface area contributed by atoms with Crippen LogP contribution < -0.4 is 5.32 Å². The fourth-order valence-electron chi connectivity index (χ4n) is 1.48. The van der Waals surface area contributed by atoms with E-state index in [0.717, 1.165) is 0 Å². The molecule has 88 valence electrons. The van der Waals surface area contributed by atoms with Gasteiger partial charge in [0.2, 0.25) is 0 Å². The Hall–Kier alpha value is -0.710. The largest absolute Gasteiger partial charge is 0.460 e. The van der Waals surface area contributed by atoms with Crippen molar-refractivity contribution < 1.29 is 18.3 Å². The fraction of sp³-hybridized carbons (Fsp3) is 0.900. The molecule has 1 aliphatic rings. The smallest absolute Gasteiger partial charge is 0.312 e. The number of carbonyl (C=O) groups excluding carboxylic acids is 1. The van der Waals surface area contributed by atoms with Gasteiger partial charge in [0.05, 0.1) is 5.92 Å². The summed E-state index contributed by atoms with van der Waals surface area (Å²) in [4.78, 5) is 11.5. The number of esters is 1. The third kappa shape index (κ3) is 3.41. The minimum absolute atomic E-state index is 0.274. The Morgan fingerprint density at radius 2 is 2.00 bits per heavy atom. The molecule has 1 rings (SSSR count). The molecule has 0 spiro atoms. The Morgan fingerprint density at radius 1 is 1.40 bits per heavy atom. The lowest BCUT2D eigenvalue weighted by molar-refractivity contribution is -0.165. The van der Waals surface area contributed by atoms with E-state index in [-0.39, 0.29) is 6.42 Å². The van der Waals surface area contributed by atoms with Crippen molar-refractivity contribution in [1.82, 2.24) is 5.32 Å². The summed E-state index contributed by atoms with van der Waals surface area (Å²) in [5, 5.41) is 2.33. The second-order valence-corrected chi connectivity index (χ2v) is 4.73. The van der Waals surface area contributed by atoms with Gasteiger partial charge < -0.3 is 4.74 Å². The van der Waals surface area contributed by atoms with Gasteiger partial charge in [-0.2, -0.15) is 0 Å². The summed E-state index contributed by atoms with van der Waals surface area (Å²) in [5.74, 6) is -1.64. The van der Waals surface area contributed by atoms with E-state index in [1.165, 1.54) is 0 Å². The molecule has 3 nitrogen and oxygen atoms in total. The highest BCUT2D eigenvalue weighted by atomic mass is 19.2. The Labute approximate surface area is 88.2 Å². The molecular formula is C10H17F2NO2. The van der Waals surface area contributed by atoms with Crippen molar-refractivity contribution in [3.05, 3.63) is 0 Å². The average Bonchev–Trinajstić information content (AvgIpc) is 2.06. The number of carbonyl (C=O) groups is 1. The Morgan fingerprint density at radius 3 is 2.53 bits per heavy atom. The number of alkyl halides is 2. The molecule has 15 heavy (non-hydrogen) atoms. The zero-order valence-electron chi connectivity index (χ0n) is 9.22. The summed E-state index contributed by atoms with van der Waals surface area (Å²) < 4.78 is 31.3. The molecule has 3 unspecified atom stereocenters. The van der Waals surface area contributed by atoms with Gasteiger partial charge >= 0.3 is 5.97 Å². The van der Waals surface area contributed by atoms with Crippen molar-refractivity contribution >= 4 is 5.97 Å². The first kappa shape index (κ1) is 12.4. The highest BCUT2D eigenvalue weighted by Gasteiger charge is 2.40. The van der Waals surface area contributed by atoms with Crippen LogP contribution in [-0.4, -0.2) is 30.6 Å². The Bertz CT molecular complexity index is 240. The molecule has 0 aromatic carbocycles. The fourth-order valence-corrected chi connectivity index (χ4v) is 1.48. The number of halogens is 2. The molecule has 3 atom stereocenters. The van der Waals surface area contributed by atoms with E-state index in [0.29, 0.717) is 6.54 Å². The minimum atomic E-state index is -1.81. The van der Waals surface area contributed by atoms with Crippen molar-refractivity contribution in [2.75, 3.05) is 6.54 Å². The van der Waals surface area contributed by atoms with Gasteiger partial charge in [0.15, 0.2) is 12.5 Å². The van der Waals surface area contributed by atoms with Crippen molar-refractivity contribution in [3.8, 4) is 0 Å². The zero-order valence-corrected chi connectivity index (χ0v) is 9.22. The van der Waals surface area contributed by atoms with Crippen LogP contribution in [0.5, 0.6) is 0 Å². The van der Waals surface area contributed by atoms with Gasteiger partial charge in [0.1, 0.15) is 5.60 Å². The molecule has 1 aliphatic heterocycles. The molecule has 0 saturated carbocycles. The number of rotatable bonds is 1. The zero-order chi connectivity index (χ0) is 11.6. The summed E-state index contributed by atoms with van der Waals surface area (Å²) in [6.45, 7) is 5.40. The van der Waals surface area contributed by atoms with Crippen LogP contribution in [0.2, 0.25) is 0 Å². The summed E-state index contributed by atoms with van der Waals surface area (Å²) in [6, 6.07) is 0. The molecule has 1 fully saturated rings. The quantitative estimate of drug-likeness (QED) is 0.539. The van der Waals surface area contributed by atoms with Crippen LogP contribution >= 0.6 is 0 Å². The van der Waals surface area contributed by atoms with Crippen LogP contribution in [0.1, 0.15) is 27.2 Å². The van der Waals surface area contributed by atoms with Crippen LogP contribution in [0.25, 0.3) is 0 Å². The maximum Gasteiger partial charge on any atom is 0.312 e. The number of nitrogens with one attached hydrogen (secondary N) is 1. The highest BCUT2D eigenvalue weighted by molar-refractivity contribution is 5.73. The van der Waals surface area contributed by atoms with Crippen molar-refractivity contribution in [2.24, 2.45) is 5.92 Å². The lowest BCUT2D eigenvalue weighted by Gasteiger charge is -2.30. The maximum atomic E-state index is 13.3. The van der Waals surface area contributed by atoms with Crippen LogP contribution in [0.3, 0.4) is 0 Å². The molecule has 5 heteroatoms. The van der Waals surface area contributed by atoms with Crippen LogP contribution in [0.4, 0.5) is 8.78 Å². The summed E-state index contributed by atoms with van der Waals surface area (Å²) in [7, 11) is 0. The number of ether oxygens (including phenoxy) is 1. The monoisotopic (exact) mass is 221 g/mol. The number of hydrogen-bond acceptors (Lipinski definition) is 3. The van der Waals surface area contributed by atoms with Gasteiger partial charge in [-0.3, -0.25) is 10.1 Å². The molecule has 0 aromatic rings. The highest BCUT2D eigenvalue weighted by Crippen LogP contribution is 2.24. The molecule has 0 aromatic heterocycles. The minimum Gasteiger partial charge on any atom is -0.460 e. The topological polar surface area (TPSA) is 38.3 Å². The molecule has 0 bridgehead atoms. The summed E-state index contributed by atoms with van der Waals surface area (Å²) in [5.41, 5.74) is -0.659. The molecule has 0 radical (unpaired) electrons. The number of hydrogen-bond donors (Lipinski definition) is 1. The van der Waals surface area contributed by atoms with E-state index in [4.69, 9.17) is 4.74 Å². The SMILES string of the molecule is CC(C)(C)OC(=O)C1CCNC(F)C1F. The molecule has 0 amide bonds. The van der Waals surface area contributed by atoms with Gasteiger partial charge in [0.25, 0.3) is 0 Å². The van der Waals surface area contributed by atoms with Crippen molar-refractivity contribution in [1.29, 1.82) is 0 Å². The van der Waals surface area contributed by atoms with Gasteiger partial charge in [-0.05, 0) is 33.7 Å². The third-order valence-corrected chi connectivity index (χ3v) is 2.17. The summed E-state index contributed by atoms with van der Waals surface area (Å²) >= 11 is 0. The second-order valence-electron chi connectivity index (χ2n) is 4.73. The van der Waals surface area contributed by atoms with E-state index in [2.05, 4.69) is 5.32 Å². The first-order chi connectivity index (χ1) is 6.81. The van der Waals surface area contributed by atoms with E-state index in [1.54, 1.807) is 20.8 Å². The average molecular weight is 221 g/mol. The molecule has 1 heterocycles. The van der Waals surface area contributed by atoms with E-state index in [9.17, 15) is 13.6 Å². The molecule has 1 saturated heterocycles. The first-order valence-electron chi connectivity index (χ1n) is 5.05. The van der Waals surface area contributed by atoms with E-state index < -0.39 is 30.0 Å². The molecule has 0 aliphatic carbocycles. The standard InChI is InChI=1S/C10H17F2NO2/c1-10(2,3)15-9(14)6-4-5-13-8(12)7(6)11/h6-8,13H,4-5H2,1-3H3. The van der Waals surface area contributed by atoms with Crippen molar-refractivity contribution in [2.45, 2.75) is 45.3 Å². The molecular weight excluding hydrogens is 204 g/mol. The second kappa shape index (κ2) is 4.43. The predicted octanol–water partition coefficient (Wildman–Crippen LogP) is 1.57. The Balaban J connectivity index is 2.59. The van der Waals surface area contributed by atoms with E-state index >= 15 is 0 Å². The lowest BCUT2D eigenvalue weighted by Crippen LogP contribution is -2.48. The van der Waals surface area contributed by atoms with Crippen molar-refractivity contribution in [3.63, 3.8) is 0 Å². The first-order valence-corrected chi connectivity index (χ1v) is 5.05. The Kier molecular flexibility index (Phi) is 3.65. The maximum absolute atomic E-state index is 13.3. The van der Waals surface area contributed by atoms with Crippen LogP contribution in [0.15, 0.2) is 0 Å². The van der Waals surface area contributed by atoms with Gasteiger partial charge in [-0.25, -0.2) is 8.78 Å². The lowest BCUT2D eigenvalue weighted by atomic mass is 9.95. The third-order valence-electron chi connectivity index (χ3n) is 2.17. The van der Waals surface area contributed by atoms with Gasteiger partial charge in [-0.15, -0.1) is 0 Å². The predicted molar refractivity (Wildman–Crippen MR) is 51.7 cm³/mol. The summed E-state index contributed by atoms with van der Waals surface area (Å²) in [6.07, 6.45) is -3.30. The normalized spacial score (nSPS) is 32.5.